The molecule has 8 heteroatoms. The molecule has 6 nitrogen and oxygen atoms in total. The van der Waals surface area contributed by atoms with Crippen LogP contribution in [0.25, 0.3) is 6.08 Å². The summed E-state index contributed by atoms with van der Waals surface area (Å²) in [5.41, 5.74) is 6.85. The number of halogens is 1. The molecule has 0 fully saturated rings. The summed E-state index contributed by atoms with van der Waals surface area (Å²) in [5, 5.41) is 3.86. The molecule has 26 heavy (non-hydrogen) atoms. The van der Waals surface area contributed by atoms with Crippen LogP contribution in [-0.4, -0.2) is 17.8 Å². The molecule has 0 saturated heterocycles. The molecular weight excluding hydrogens is 374 g/mol. The summed E-state index contributed by atoms with van der Waals surface area (Å²) in [6, 6.07) is 12.9. The lowest BCUT2D eigenvalue weighted by atomic mass is 10.2. The number of ether oxygens (including phenoxy) is 2. The van der Waals surface area contributed by atoms with Gasteiger partial charge in [0.25, 0.3) is 5.91 Å². The van der Waals surface area contributed by atoms with E-state index in [2.05, 4.69) is 16.2 Å². The van der Waals surface area contributed by atoms with Gasteiger partial charge in [-0.05, 0) is 47.6 Å². The Hall–Kier alpha value is -2.77. The van der Waals surface area contributed by atoms with E-state index in [0.717, 1.165) is 16.9 Å². The Balaban J connectivity index is 1.42. The van der Waals surface area contributed by atoms with E-state index in [1.807, 2.05) is 36.4 Å². The van der Waals surface area contributed by atoms with Crippen LogP contribution in [0.2, 0.25) is 5.02 Å². The number of carbonyl (C=O) groups excluding carboxylic acids is 1. The molecule has 3 rings (SSSR count). The van der Waals surface area contributed by atoms with Gasteiger partial charge in [0.1, 0.15) is 0 Å². The van der Waals surface area contributed by atoms with Gasteiger partial charge in [0.2, 0.25) is 6.79 Å². The van der Waals surface area contributed by atoms with E-state index in [-0.39, 0.29) is 12.7 Å². The summed E-state index contributed by atoms with van der Waals surface area (Å²) in [6.45, 7) is 0.716. The second-order valence-corrected chi connectivity index (χ2v) is 6.15. The number of nitrogens with one attached hydrogen (secondary N) is 3. The highest BCUT2D eigenvalue weighted by molar-refractivity contribution is 7.80. The second kappa shape index (κ2) is 8.55. The molecule has 1 aliphatic rings. The number of rotatable bonds is 4. The van der Waals surface area contributed by atoms with Crippen LogP contribution in [0, 0.1) is 0 Å². The van der Waals surface area contributed by atoms with Gasteiger partial charge in [0.05, 0.1) is 0 Å². The molecule has 0 aromatic heterocycles. The number of amides is 1. The third kappa shape index (κ3) is 4.87. The molecule has 1 amide bonds. The summed E-state index contributed by atoms with van der Waals surface area (Å²) in [4.78, 5) is 11.8. The number of thiocarbonyl (C=S) groups is 1. The SMILES string of the molecule is O=C(/C=C/c1ccccc1Cl)NNC(=S)NCc1ccc2c(c1)OCO2. The summed E-state index contributed by atoms with van der Waals surface area (Å²) < 4.78 is 10.6. The van der Waals surface area contributed by atoms with Crippen molar-refractivity contribution >= 4 is 40.9 Å². The third-order valence-electron chi connectivity index (χ3n) is 3.51. The third-order valence-corrected chi connectivity index (χ3v) is 4.10. The lowest BCUT2D eigenvalue weighted by Crippen LogP contribution is -2.45. The van der Waals surface area contributed by atoms with E-state index < -0.39 is 0 Å². The number of carbonyl (C=O) groups is 1. The summed E-state index contributed by atoms with van der Waals surface area (Å²) in [7, 11) is 0. The highest BCUT2D eigenvalue weighted by atomic mass is 35.5. The van der Waals surface area contributed by atoms with Crippen molar-refractivity contribution in [3.8, 4) is 11.5 Å². The van der Waals surface area contributed by atoms with E-state index in [9.17, 15) is 4.79 Å². The highest BCUT2D eigenvalue weighted by Crippen LogP contribution is 2.32. The molecule has 3 N–H and O–H groups in total. The van der Waals surface area contributed by atoms with Crippen LogP contribution in [0.5, 0.6) is 11.5 Å². The molecule has 0 atom stereocenters. The predicted molar refractivity (Wildman–Crippen MR) is 104 cm³/mol. The molecule has 134 valence electrons. The quantitative estimate of drug-likeness (QED) is 0.424. The zero-order valence-electron chi connectivity index (χ0n) is 13.6. The Bertz CT molecular complexity index is 857. The van der Waals surface area contributed by atoms with Gasteiger partial charge in [0.15, 0.2) is 16.6 Å². The number of fused-ring (bicyclic) bond motifs is 1. The van der Waals surface area contributed by atoms with Crippen molar-refractivity contribution in [3.63, 3.8) is 0 Å². The van der Waals surface area contributed by atoms with E-state index in [0.29, 0.717) is 22.4 Å². The van der Waals surface area contributed by atoms with Crippen molar-refractivity contribution in [1.29, 1.82) is 0 Å². The first-order chi connectivity index (χ1) is 12.6. The molecule has 1 heterocycles. The van der Waals surface area contributed by atoms with Crippen molar-refractivity contribution in [2.45, 2.75) is 6.54 Å². The molecule has 0 aliphatic carbocycles. The minimum Gasteiger partial charge on any atom is -0.454 e. The first kappa shape index (κ1) is 18.0. The number of hydrogen-bond acceptors (Lipinski definition) is 4. The Labute approximate surface area is 161 Å². The fourth-order valence-electron chi connectivity index (χ4n) is 2.21. The number of benzene rings is 2. The van der Waals surface area contributed by atoms with E-state index in [1.165, 1.54) is 6.08 Å². The normalized spacial score (nSPS) is 12.0. The fourth-order valence-corrected chi connectivity index (χ4v) is 2.54. The van der Waals surface area contributed by atoms with Gasteiger partial charge in [-0.2, -0.15) is 0 Å². The fraction of sp³-hybridized carbons (Fsp3) is 0.111. The number of hydrazine groups is 1. The van der Waals surface area contributed by atoms with Gasteiger partial charge < -0.3 is 14.8 Å². The average molecular weight is 390 g/mol. The first-order valence-corrected chi connectivity index (χ1v) is 8.55. The van der Waals surface area contributed by atoms with Crippen LogP contribution >= 0.6 is 23.8 Å². The Morgan fingerprint density at radius 1 is 1.15 bits per heavy atom. The van der Waals surface area contributed by atoms with Crippen molar-refractivity contribution in [1.82, 2.24) is 16.2 Å². The first-order valence-electron chi connectivity index (χ1n) is 7.77. The predicted octanol–water partition coefficient (Wildman–Crippen LogP) is 2.78. The molecular formula is C18H16ClN3O3S. The van der Waals surface area contributed by atoms with E-state index in [4.69, 9.17) is 33.3 Å². The Morgan fingerprint density at radius 3 is 2.81 bits per heavy atom. The molecule has 0 spiro atoms. The molecule has 0 unspecified atom stereocenters. The smallest absolute Gasteiger partial charge is 0.262 e. The van der Waals surface area contributed by atoms with Gasteiger partial charge in [-0.25, -0.2) is 0 Å². The summed E-state index contributed by atoms with van der Waals surface area (Å²) in [6.07, 6.45) is 3.00. The van der Waals surface area contributed by atoms with Gasteiger partial charge in [-0.1, -0.05) is 35.9 Å². The monoisotopic (exact) mass is 389 g/mol. The zero-order chi connectivity index (χ0) is 18.4. The van der Waals surface area contributed by atoms with Crippen molar-refractivity contribution < 1.29 is 14.3 Å². The Morgan fingerprint density at radius 2 is 1.96 bits per heavy atom. The van der Waals surface area contributed by atoms with Crippen LogP contribution in [0.15, 0.2) is 48.5 Å². The maximum absolute atomic E-state index is 11.8. The maximum atomic E-state index is 11.8. The van der Waals surface area contributed by atoms with Crippen molar-refractivity contribution in [2.75, 3.05) is 6.79 Å². The number of hydrogen-bond donors (Lipinski definition) is 3. The molecule has 1 aliphatic heterocycles. The average Bonchev–Trinajstić information content (AvgIpc) is 3.12. The van der Waals surface area contributed by atoms with Gasteiger partial charge in [0, 0.05) is 17.6 Å². The van der Waals surface area contributed by atoms with Crippen molar-refractivity contribution in [2.24, 2.45) is 0 Å². The highest BCUT2D eigenvalue weighted by Gasteiger charge is 2.13. The molecule has 0 bridgehead atoms. The topological polar surface area (TPSA) is 71.6 Å². The molecule has 2 aromatic carbocycles. The van der Waals surface area contributed by atoms with E-state index in [1.54, 1.807) is 12.1 Å². The lowest BCUT2D eigenvalue weighted by Gasteiger charge is -2.11. The lowest BCUT2D eigenvalue weighted by molar-refractivity contribution is -0.116. The maximum Gasteiger partial charge on any atom is 0.262 e. The Kier molecular flexibility index (Phi) is 5.93. The van der Waals surface area contributed by atoms with Crippen LogP contribution in [0.1, 0.15) is 11.1 Å². The minimum absolute atomic E-state index is 0.236. The zero-order valence-corrected chi connectivity index (χ0v) is 15.2. The van der Waals surface area contributed by atoms with Crippen LogP contribution in [0.4, 0.5) is 0 Å². The summed E-state index contributed by atoms with van der Waals surface area (Å²) in [5.74, 6) is 1.09. The van der Waals surface area contributed by atoms with Crippen LogP contribution < -0.4 is 25.6 Å². The standard InChI is InChI=1S/C18H16ClN3O3S/c19-14-4-2-1-3-13(14)6-8-17(23)21-22-18(26)20-10-12-5-7-15-16(9-12)25-11-24-15/h1-9H,10-11H2,(H,21,23)(H2,20,22,26)/b8-6+. The second-order valence-electron chi connectivity index (χ2n) is 5.34. The molecule has 0 saturated carbocycles. The van der Waals surface area contributed by atoms with Crippen LogP contribution in [0.3, 0.4) is 0 Å². The molecule has 0 radical (unpaired) electrons. The summed E-state index contributed by atoms with van der Waals surface area (Å²) >= 11 is 11.2. The van der Waals surface area contributed by atoms with E-state index >= 15 is 0 Å². The van der Waals surface area contributed by atoms with Gasteiger partial charge in [-0.3, -0.25) is 15.6 Å². The van der Waals surface area contributed by atoms with Crippen LogP contribution in [-0.2, 0) is 11.3 Å². The van der Waals surface area contributed by atoms with Gasteiger partial charge in [-0.15, -0.1) is 0 Å². The van der Waals surface area contributed by atoms with Gasteiger partial charge >= 0.3 is 0 Å². The largest absolute Gasteiger partial charge is 0.454 e. The molecule has 2 aromatic rings. The minimum atomic E-state index is -0.350. The van der Waals surface area contributed by atoms with Crippen molar-refractivity contribution in [3.05, 3.63) is 64.7 Å².